The summed E-state index contributed by atoms with van der Waals surface area (Å²) >= 11 is 17.5. The first-order valence-corrected chi connectivity index (χ1v) is 4.92. The third-order valence-corrected chi connectivity index (χ3v) is 2.68. The number of aryl methyl sites for hydroxylation is 1. The van der Waals surface area contributed by atoms with Crippen molar-refractivity contribution in [2.24, 2.45) is 0 Å². The predicted octanol–water partition coefficient (Wildman–Crippen LogP) is 4.60. The lowest BCUT2D eigenvalue weighted by molar-refractivity contribution is 0.922. The first kappa shape index (κ1) is 10.2. The SMILES string of the molecule is CCCc1cc(Cl)c(Cl)cc1Cl. The second-order valence-electron chi connectivity index (χ2n) is 2.61. The van der Waals surface area contributed by atoms with Gasteiger partial charge in [0.05, 0.1) is 10.0 Å². The van der Waals surface area contributed by atoms with E-state index in [0.29, 0.717) is 15.1 Å². The molecule has 0 heterocycles. The second-order valence-corrected chi connectivity index (χ2v) is 3.83. The van der Waals surface area contributed by atoms with Crippen molar-refractivity contribution in [2.75, 3.05) is 0 Å². The summed E-state index contributed by atoms with van der Waals surface area (Å²) in [6, 6.07) is 3.52. The molecule has 66 valence electrons. The molecule has 0 spiro atoms. The Balaban J connectivity index is 3.05. The van der Waals surface area contributed by atoms with Gasteiger partial charge in [-0.25, -0.2) is 0 Å². The van der Waals surface area contributed by atoms with Crippen LogP contribution in [0.2, 0.25) is 15.1 Å². The fourth-order valence-electron chi connectivity index (χ4n) is 1.02. The summed E-state index contributed by atoms with van der Waals surface area (Å²) in [6.45, 7) is 2.10. The van der Waals surface area contributed by atoms with Crippen molar-refractivity contribution >= 4 is 34.8 Å². The molecule has 1 rings (SSSR count). The molecule has 0 amide bonds. The zero-order valence-electron chi connectivity index (χ0n) is 6.70. The molecule has 0 aliphatic rings. The van der Waals surface area contributed by atoms with Crippen molar-refractivity contribution < 1.29 is 0 Å². The van der Waals surface area contributed by atoms with Crippen molar-refractivity contribution in [3.8, 4) is 0 Å². The Bertz CT molecular complexity index is 281. The van der Waals surface area contributed by atoms with E-state index in [0.717, 1.165) is 18.4 Å². The van der Waals surface area contributed by atoms with Crippen LogP contribution < -0.4 is 0 Å². The minimum Gasteiger partial charge on any atom is -0.0840 e. The highest BCUT2D eigenvalue weighted by molar-refractivity contribution is 6.43. The topological polar surface area (TPSA) is 0 Å². The van der Waals surface area contributed by atoms with E-state index in [-0.39, 0.29) is 0 Å². The Labute approximate surface area is 87.4 Å². The van der Waals surface area contributed by atoms with E-state index in [2.05, 4.69) is 6.92 Å². The van der Waals surface area contributed by atoms with Gasteiger partial charge >= 0.3 is 0 Å². The molecule has 1 aromatic rings. The van der Waals surface area contributed by atoms with E-state index >= 15 is 0 Å². The summed E-state index contributed by atoms with van der Waals surface area (Å²) in [7, 11) is 0. The van der Waals surface area contributed by atoms with Gasteiger partial charge in [-0.1, -0.05) is 48.1 Å². The normalized spacial score (nSPS) is 10.3. The van der Waals surface area contributed by atoms with Gasteiger partial charge in [-0.05, 0) is 24.1 Å². The van der Waals surface area contributed by atoms with Crippen LogP contribution in [0.15, 0.2) is 12.1 Å². The van der Waals surface area contributed by atoms with Gasteiger partial charge < -0.3 is 0 Å². The Hall–Kier alpha value is 0.0900. The molecule has 0 saturated heterocycles. The Morgan fingerprint density at radius 2 is 1.58 bits per heavy atom. The van der Waals surface area contributed by atoms with E-state index in [9.17, 15) is 0 Å². The van der Waals surface area contributed by atoms with Gasteiger partial charge in [0.15, 0.2) is 0 Å². The zero-order chi connectivity index (χ0) is 9.14. The highest BCUT2D eigenvalue weighted by atomic mass is 35.5. The zero-order valence-corrected chi connectivity index (χ0v) is 8.97. The molecule has 0 radical (unpaired) electrons. The molecule has 0 aliphatic heterocycles. The average molecular weight is 224 g/mol. The maximum absolute atomic E-state index is 5.94. The van der Waals surface area contributed by atoms with E-state index < -0.39 is 0 Å². The summed E-state index contributed by atoms with van der Waals surface area (Å²) in [5.41, 5.74) is 1.06. The molecule has 1 aromatic carbocycles. The smallest absolute Gasteiger partial charge is 0.0607 e. The number of rotatable bonds is 2. The molecular weight excluding hydrogens is 214 g/mol. The fourth-order valence-corrected chi connectivity index (χ4v) is 1.69. The third kappa shape index (κ3) is 2.29. The first-order chi connectivity index (χ1) is 5.65. The van der Waals surface area contributed by atoms with Crippen LogP contribution in [-0.4, -0.2) is 0 Å². The van der Waals surface area contributed by atoms with Crippen LogP contribution >= 0.6 is 34.8 Å². The standard InChI is InChI=1S/C9H9Cl3/c1-2-3-6-4-8(11)9(12)5-7(6)10/h4-5H,2-3H2,1H3. The average Bonchev–Trinajstić information content (AvgIpc) is 2.01. The third-order valence-electron chi connectivity index (χ3n) is 1.61. The molecule has 0 aliphatic carbocycles. The van der Waals surface area contributed by atoms with Gasteiger partial charge in [0.25, 0.3) is 0 Å². The van der Waals surface area contributed by atoms with Crippen molar-refractivity contribution in [3.05, 3.63) is 32.8 Å². The molecule has 0 bridgehead atoms. The van der Waals surface area contributed by atoms with E-state index in [1.807, 2.05) is 6.07 Å². The van der Waals surface area contributed by atoms with Crippen molar-refractivity contribution in [1.82, 2.24) is 0 Å². The first-order valence-electron chi connectivity index (χ1n) is 3.78. The Kier molecular flexibility index (Phi) is 3.70. The minimum absolute atomic E-state index is 0.515. The van der Waals surface area contributed by atoms with Crippen molar-refractivity contribution in [3.63, 3.8) is 0 Å². The quantitative estimate of drug-likeness (QED) is 0.643. The molecule has 0 atom stereocenters. The minimum atomic E-state index is 0.515. The Morgan fingerprint density at radius 3 is 2.17 bits per heavy atom. The van der Waals surface area contributed by atoms with Crippen LogP contribution in [-0.2, 0) is 6.42 Å². The molecule has 0 aromatic heterocycles. The van der Waals surface area contributed by atoms with Gasteiger partial charge in [0, 0.05) is 5.02 Å². The lowest BCUT2D eigenvalue weighted by atomic mass is 10.1. The monoisotopic (exact) mass is 222 g/mol. The number of halogens is 3. The molecule has 0 nitrogen and oxygen atoms in total. The lowest BCUT2D eigenvalue weighted by Gasteiger charge is -2.04. The van der Waals surface area contributed by atoms with Crippen LogP contribution in [0.25, 0.3) is 0 Å². The van der Waals surface area contributed by atoms with Crippen LogP contribution in [0, 0.1) is 0 Å². The van der Waals surface area contributed by atoms with Crippen molar-refractivity contribution in [2.45, 2.75) is 19.8 Å². The highest BCUT2D eigenvalue weighted by Crippen LogP contribution is 2.29. The lowest BCUT2D eigenvalue weighted by Crippen LogP contribution is -1.85. The largest absolute Gasteiger partial charge is 0.0840 e. The van der Waals surface area contributed by atoms with Gasteiger partial charge in [0.1, 0.15) is 0 Å². The van der Waals surface area contributed by atoms with Crippen LogP contribution in [0.3, 0.4) is 0 Å². The summed E-state index contributed by atoms with van der Waals surface area (Å²) in [4.78, 5) is 0. The van der Waals surface area contributed by atoms with Gasteiger partial charge in [0.2, 0.25) is 0 Å². The van der Waals surface area contributed by atoms with Crippen molar-refractivity contribution in [1.29, 1.82) is 0 Å². The molecule has 3 heteroatoms. The Morgan fingerprint density at radius 1 is 1.00 bits per heavy atom. The maximum atomic E-state index is 5.94. The molecule has 0 N–H and O–H groups in total. The van der Waals surface area contributed by atoms with Gasteiger partial charge in [-0.15, -0.1) is 0 Å². The van der Waals surface area contributed by atoms with Crippen LogP contribution in [0.1, 0.15) is 18.9 Å². The summed E-state index contributed by atoms with van der Waals surface area (Å²) < 4.78 is 0. The summed E-state index contributed by atoms with van der Waals surface area (Å²) in [6.07, 6.45) is 1.99. The van der Waals surface area contributed by atoms with Crippen LogP contribution in [0.5, 0.6) is 0 Å². The highest BCUT2D eigenvalue weighted by Gasteiger charge is 2.04. The van der Waals surface area contributed by atoms with Gasteiger partial charge in [-0.3, -0.25) is 0 Å². The number of hydrogen-bond donors (Lipinski definition) is 0. The van der Waals surface area contributed by atoms with E-state index in [1.54, 1.807) is 6.07 Å². The summed E-state index contributed by atoms with van der Waals surface area (Å²) in [5, 5.41) is 1.79. The fraction of sp³-hybridized carbons (Fsp3) is 0.333. The summed E-state index contributed by atoms with van der Waals surface area (Å²) in [5.74, 6) is 0. The molecule has 0 fully saturated rings. The second kappa shape index (κ2) is 4.36. The van der Waals surface area contributed by atoms with Crippen LogP contribution in [0.4, 0.5) is 0 Å². The number of hydrogen-bond acceptors (Lipinski definition) is 0. The molecule has 12 heavy (non-hydrogen) atoms. The number of benzene rings is 1. The maximum Gasteiger partial charge on any atom is 0.0607 e. The van der Waals surface area contributed by atoms with Gasteiger partial charge in [-0.2, -0.15) is 0 Å². The predicted molar refractivity (Wildman–Crippen MR) is 55.5 cm³/mol. The molecule has 0 unspecified atom stereocenters. The molecule has 0 saturated carbocycles. The van der Waals surface area contributed by atoms with E-state index in [4.69, 9.17) is 34.8 Å². The van der Waals surface area contributed by atoms with E-state index in [1.165, 1.54) is 0 Å². The molecular formula is C9H9Cl3.